The summed E-state index contributed by atoms with van der Waals surface area (Å²) in [5, 5.41) is 0. The van der Waals surface area contributed by atoms with Crippen molar-refractivity contribution in [1.82, 2.24) is 15.0 Å². The van der Waals surface area contributed by atoms with E-state index < -0.39 is 0 Å². The predicted molar refractivity (Wildman–Crippen MR) is 88.1 cm³/mol. The van der Waals surface area contributed by atoms with Crippen molar-refractivity contribution in [1.29, 1.82) is 0 Å². The van der Waals surface area contributed by atoms with Gasteiger partial charge in [-0.15, -0.1) is 0 Å². The fraction of sp³-hybridized carbons (Fsp3) is 0.438. The average molecular weight is 298 g/mol. The van der Waals surface area contributed by atoms with Gasteiger partial charge in [-0.2, -0.15) is 15.0 Å². The molecule has 1 heterocycles. The molecule has 0 amide bonds. The molecule has 0 bridgehead atoms. The highest BCUT2D eigenvalue weighted by Crippen LogP contribution is 2.27. The van der Waals surface area contributed by atoms with Crippen LogP contribution in [0.5, 0.6) is 0 Å². The summed E-state index contributed by atoms with van der Waals surface area (Å²) in [6.45, 7) is 0.758. The first-order valence-corrected chi connectivity index (χ1v) is 7.80. The van der Waals surface area contributed by atoms with Crippen molar-refractivity contribution in [2.45, 2.75) is 44.7 Å². The fourth-order valence-electron chi connectivity index (χ4n) is 3.06. The number of benzene rings is 1. The summed E-state index contributed by atoms with van der Waals surface area (Å²) in [4.78, 5) is 14.7. The standard InChI is InChI=1S/C16H22N6/c17-14-19-15(18)21-16(20-14)22(13-9-5-2-6-10-13)11-12-7-3-1-4-8-12/h1,3-4,7-8,13H,2,5-6,9-11H2,(H4,17,18,19,20,21). The predicted octanol–water partition coefficient (Wildman–Crippen LogP) is 2.38. The van der Waals surface area contributed by atoms with Gasteiger partial charge in [0.15, 0.2) is 0 Å². The number of nitrogen functional groups attached to an aromatic ring is 2. The van der Waals surface area contributed by atoms with Gasteiger partial charge in [0.2, 0.25) is 17.8 Å². The van der Waals surface area contributed by atoms with E-state index >= 15 is 0 Å². The Labute approximate surface area is 130 Å². The van der Waals surface area contributed by atoms with Gasteiger partial charge >= 0.3 is 0 Å². The van der Waals surface area contributed by atoms with E-state index in [2.05, 4.69) is 32.0 Å². The van der Waals surface area contributed by atoms with Gasteiger partial charge in [0, 0.05) is 12.6 Å². The van der Waals surface area contributed by atoms with Crippen LogP contribution in [0.25, 0.3) is 0 Å². The molecule has 1 aromatic carbocycles. The molecule has 0 spiro atoms. The molecule has 22 heavy (non-hydrogen) atoms. The largest absolute Gasteiger partial charge is 0.368 e. The zero-order chi connectivity index (χ0) is 15.4. The SMILES string of the molecule is Nc1nc(N)nc(N(Cc2ccccc2)C2CCCCC2)n1. The Morgan fingerprint density at radius 1 is 0.909 bits per heavy atom. The van der Waals surface area contributed by atoms with Crippen LogP contribution in [-0.4, -0.2) is 21.0 Å². The van der Waals surface area contributed by atoms with Crippen molar-refractivity contribution < 1.29 is 0 Å². The lowest BCUT2D eigenvalue weighted by atomic mass is 9.94. The van der Waals surface area contributed by atoms with Gasteiger partial charge in [-0.25, -0.2) is 0 Å². The molecule has 0 aliphatic heterocycles. The van der Waals surface area contributed by atoms with Crippen LogP contribution in [0.1, 0.15) is 37.7 Å². The summed E-state index contributed by atoms with van der Waals surface area (Å²) in [7, 11) is 0. The first-order chi connectivity index (χ1) is 10.7. The van der Waals surface area contributed by atoms with Crippen LogP contribution in [0.2, 0.25) is 0 Å². The third-order valence-electron chi connectivity index (χ3n) is 4.13. The third kappa shape index (κ3) is 3.44. The normalized spacial score (nSPS) is 15.6. The first kappa shape index (κ1) is 14.6. The van der Waals surface area contributed by atoms with Gasteiger partial charge in [0.25, 0.3) is 0 Å². The Balaban J connectivity index is 1.90. The van der Waals surface area contributed by atoms with Gasteiger partial charge in [-0.05, 0) is 18.4 Å². The summed E-state index contributed by atoms with van der Waals surface area (Å²) in [5.41, 5.74) is 12.7. The number of aromatic nitrogens is 3. The second-order valence-corrected chi connectivity index (χ2v) is 5.76. The van der Waals surface area contributed by atoms with Gasteiger partial charge in [0.05, 0.1) is 0 Å². The lowest BCUT2D eigenvalue weighted by Crippen LogP contribution is -2.38. The summed E-state index contributed by atoms with van der Waals surface area (Å²) >= 11 is 0. The Morgan fingerprint density at radius 2 is 1.55 bits per heavy atom. The van der Waals surface area contributed by atoms with E-state index in [0.29, 0.717) is 12.0 Å². The minimum absolute atomic E-state index is 0.177. The molecule has 0 unspecified atom stereocenters. The second kappa shape index (κ2) is 6.60. The maximum absolute atomic E-state index is 5.75. The number of hydrogen-bond donors (Lipinski definition) is 2. The zero-order valence-electron chi connectivity index (χ0n) is 12.7. The van der Waals surface area contributed by atoms with Crippen LogP contribution in [0.4, 0.5) is 17.8 Å². The number of anilines is 3. The summed E-state index contributed by atoms with van der Waals surface area (Å²) in [6, 6.07) is 10.8. The van der Waals surface area contributed by atoms with E-state index in [1.807, 2.05) is 18.2 Å². The molecule has 1 aromatic heterocycles. The molecule has 3 rings (SSSR count). The van der Waals surface area contributed by atoms with Crippen LogP contribution in [0.3, 0.4) is 0 Å². The van der Waals surface area contributed by atoms with Crippen LogP contribution >= 0.6 is 0 Å². The Hall–Kier alpha value is -2.37. The second-order valence-electron chi connectivity index (χ2n) is 5.76. The smallest absolute Gasteiger partial charge is 0.232 e. The van der Waals surface area contributed by atoms with Gasteiger partial charge in [-0.1, -0.05) is 49.6 Å². The highest BCUT2D eigenvalue weighted by Gasteiger charge is 2.24. The van der Waals surface area contributed by atoms with E-state index in [0.717, 1.165) is 19.4 Å². The number of nitrogens with zero attached hydrogens (tertiary/aromatic N) is 4. The Kier molecular flexibility index (Phi) is 4.37. The molecule has 0 saturated heterocycles. The molecule has 1 saturated carbocycles. The first-order valence-electron chi connectivity index (χ1n) is 7.80. The van der Waals surface area contributed by atoms with E-state index in [1.54, 1.807) is 0 Å². The lowest BCUT2D eigenvalue weighted by molar-refractivity contribution is 0.409. The Morgan fingerprint density at radius 3 is 2.18 bits per heavy atom. The molecule has 0 atom stereocenters. The van der Waals surface area contributed by atoms with Crippen molar-refractivity contribution >= 4 is 17.8 Å². The van der Waals surface area contributed by atoms with Crippen molar-refractivity contribution in [2.24, 2.45) is 0 Å². The van der Waals surface area contributed by atoms with Crippen molar-refractivity contribution in [3.63, 3.8) is 0 Å². The highest BCUT2D eigenvalue weighted by atomic mass is 15.3. The summed E-state index contributed by atoms with van der Waals surface area (Å²) < 4.78 is 0. The van der Waals surface area contributed by atoms with Crippen LogP contribution in [0, 0.1) is 0 Å². The van der Waals surface area contributed by atoms with Crippen LogP contribution in [0.15, 0.2) is 30.3 Å². The van der Waals surface area contributed by atoms with Crippen molar-refractivity contribution in [3.8, 4) is 0 Å². The van der Waals surface area contributed by atoms with Crippen molar-refractivity contribution in [2.75, 3.05) is 16.4 Å². The molecular weight excluding hydrogens is 276 g/mol. The molecular formula is C16H22N6. The number of hydrogen-bond acceptors (Lipinski definition) is 6. The molecule has 116 valence electrons. The monoisotopic (exact) mass is 298 g/mol. The minimum Gasteiger partial charge on any atom is -0.368 e. The van der Waals surface area contributed by atoms with Gasteiger partial charge in [0.1, 0.15) is 0 Å². The van der Waals surface area contributed by atoms with E-state index in [4.69, 9.17) is 11.5 Å². The number of rotatable bonds is 4. The van der Waals surface area contributed by atoms with E-state index in [9.17, 15) is 0 Å². The topological polar surface area (TPSA) is 93.9 Å². The molecule has 1 fully saturated rings. The third-order valence-corrected chi connectivity index (χ3v) is 4.13. The molecule has 0 radical (unpaired) electrons. The fourth-order valence-corrected chi connectivity index (χ4v) is 3.06. The maximum Gasteiger partial charge on any atom is 0.232 e. The molecule has 4 N–H and O–H groups in total. The molecule has 1 aliphatic rings. The van der Waals surface area contributed by atoms with E-state index in [-0.39, 0.29) is 11.9 Å². The van der Waals surface area contributed by atoms with Crippen molar-refractivity contribution in [3.05, 3.63) is 35.9 Å². The van der Waals surface area contributed by atoms with E-state index in [1.165, 1.54) is 24.8 Å². The van der Waals surface area contributed by atoms with Gasteiger partial charge in [-0.3, -0.25) is 0 Å². The average Bonchev–Trinajstić information content (AvgIpc) is 2.53. The van der Waals surface area contributed by atoms with Crippen LogP contribution in [-0.2, 0) is 6.54 Å². The highest BCUT2D eigenvalue weighted by molar-refractivity contribution is 5.41. The summed E-state index contributed by atoms with van der Waals surface area (Å²) in [5.74, 6) is 0.938. The molecule has 1 aliphatic carbocycles. The minimum atomic E-state index is 0.177. The lowest BCUT2D eigenvalue weighted by Gasteiger charge is -2.34. The maximum atomic E-state index is 5.75. The molecule has 6 heteroatoms. The quantitative estimate of drug-likeness (QED) is 0.900. The van der Waals surface area contributed by atoms with Gasteiger partial charge < -0.3 is 16.4 Å². The number of nitrogens with two attached hydrogens (primary N) is 2. The van der Waals surface area contributed by atoms with Crippen LogP contribution < -0.4 is 16.4 Å². The zero-order valence-corrected chi connectivity index (χ0v) is 12.7. The molecule has 6 nitrogen and oxygen atoms in total. The summed E-state index contributed by atoms with van der Waals surface area (Å²) in [6.07, 6.45) is 6.09. The Bertz CT molecular complexity index is 589. The molecule has 2 aromatic rings.